The topological polar surface area (TPSA) is 131 Å². The van der Waals surface area contributed by atoms with Crippen molar-refractivity contribution in [3.05, 3.63) is 70.8 Å². The lowest BCUT2D eigenvalue weighted by atomic mass is 9.99. The molecule has 10 heteroatoms. The Balaban J connectivity index is 2.60. The fraction of sp³-hybridized carbons (Fsp3) is 0.471. The average molecular weight is 627 g/mol. The number of hydrogen-bond acceptors (Lipinski definition) is 5. The van der Waals surface area contributed by atoms with Crippen molar-refractivity contribution in [2.75, 3.05) is 11.9 Å². The van der Waals surface area contributed by atoms with E-state index in [4.69, 9.17) is 22.1 Å². The molecule has 240 valence electrons. The van der Waals surface area contributed by atoms with E-state index in [1.165, 1.54) is 4.90 Å². The van der Waals surface area contributed by atoms with E-state index in [2.05, 4.69) is 24.1 Å². The highest BCUT2D eigenvalue weighted by atomic mass is 35.5. The van der Waals surface area contributed by atoms with Gasteiger partial charge in [-0.1, -0.05) is 93.6 Å². The number of nitrogens with two attached hydrogens (primary N) is 1. The van der Waals surface area contributed by atoms with E-state index in [1.807, 2.05) is 19.1 Å². The molecule has 0 aromatic heterocycles. The Morgan fingerprint density at radius 1 is 1.05 bits per heavy atom. The number of alkyl carbamates (subject to hydrolysis) is 1. The molecule has 2 aromatic rings. The first-order valence-corrected chi connectivity index (χ1v) is 15.5. The second kappa shape index (κ2) is 17.4. The number of benzene rings is 2. The molecule has 2 unspecified atom stereocenters. The van der Waals surface area contributed by atoms with Gasteiger partial charge in [-0.3, -0.25) is 14.4 Å². The first-order chi connectivity index (χ1) is 20.8. The van der Waals surface area contributed by atoms with Crippen molar-refractivity contribution < 1.29 is 23.9 Å². The van der Waals surface area contributed by atoms with E-state index in [1.54, 1.807) is 57.2 Å². The molecular formula is C34H47ClN4O5. The van der Waals surface area contributed by atoms with Crippen molar-refractivity contribution >= 4 is 47.2 Å². The fourth-order valence-electron chi connectivity index (χ4n) is 4.79. The van der Waals surface area contributed by atoms with Crippen LogP contribution in [0.15, 0.2) is 49.0 Å². The van der Waals surface area contributed by atoms with E-state index in [0.29, 0.717) is 22.7 Å². The molecule has 4 amide bonds. The van der Waals surface area contributed by atoms with Gasteiger partial charge in [0.25, 0.3) is 5.91 Å². The lowest BCUT2D eigenvalue weighted by Gasteiger charge is -2.34. The zero-order chi connectivity index (χ0) is 32.9. The summed E-state index contributed by atoms with van der Waals surface area (Å²) < 4.78 is 5.37. The van der Waals surface area contributed by atoms with Crippen molar-refractivity contribution in [3.63, 3.8) is 0 Å². The number of hydrogen-bond donors (Lipinski definition) is 3. The molecule has 2 rings (SSSR count). The number of halogens is 1. The third-order valence-corrected chi connectivity index (χ3v) is 7.24. The van der Waals surface area contributed by atoms with Gasteiger partial charge in [0.15, 0.2) is 0 Å². The number of ether oxygens (including phenoxy) is 1. The summed E-state index contributed by atoms with van der Waals surface area (Å²) in [5.74, 6) is -1.93. The first kappa shape index (κ1) is 36.3. The standard InChI is InChI=1S/C34H47ClN4O5/c1-7-9-10-11-12-13-20-39(32(42)27(22-28(36)40)37-33(43)44-34(4,5)6)30(25-18-15-17-24(8-2)21-25)31(41)38-29-23(3)16-14-19-26(29)35/h8,14-19,21,27,30H,2,7,9-13,20,22H2,1,3-6H3,(H2,36,40)(H,37,43)(H,38,41). The number of aryl methyl sites for hydroxylation is 1. The molecule has 4 N–H and O–H groups in total. The maximum atomic E-state index is 14.3. The van der Waals surface area contributed by atoms with Crippen LogP contribution in [-0.4, -0.2) is 46.9 Å². The summed E-state index contributed by atoms with van der Waals surface area (Å²) >= 11 is 6.45. The Morgan fingerprint density at radius 2 is 1.70 bits per heavy atom. The largest absolute Gasteiger partial charge is 0.444 e. The van der Waals surface area contributed by atoms with Crippen molar-refractivity contribution in [1.82, 2.24) is 10.2 Å². The molecule has 0 fully saturated rings. The molecule has 2 atom stereocenters. The van der Waals surface area contributed by atoms with E-state index >= 15 is 0 Å². The Morgan fingerprint density at radius 3 is 2.32 bits per heavy atom. The Hall–Kier alpha value is -3.85. The number of carbonyl (C=O) groups is 4. The Bertz CT molecular complexity index is 1290. The van der Waals surface area contributed by atoms with Crippen molar-refractivity contribution in [1.29, 1.82) is 0 Å². The van der Waals surface area contributed by atoms with Crippen LogP contribution in [0.25, 0.3) is 6.08 Å². The number of rotatable bonds is 16. The van der Waals surface area contributed by atoms with Crippen LogP contribution in [0.3, 0.4) is 0 Å². The van der Waals surface area contributed by atoms with Crippen LogP contribution in [0.1, 0.15) is 95.4 Å². The molecule has 9 nitrogen and oxygen atoms in total. The number of carbonyl (C=O) groups excluding carboxylic acids is 4. The van der Waals surface area contributed by atoms with Gasteiger partial charge in [0.1, 0.15) is 17.7 Å². The van der Waals surface area contributed by atoms with E-state index in [-0.39, 0.29) is 6.54 Å². The average Bonchev–Trinajstić information content (AvgIpc) is 2.94. The fourth-order valence-corrected chi connectivity index (χ4v) is 5.06. The highest BCUT2D eigenvalue weighted by Crippen LogP contribution is 2.30. The van der Waals surface area contributed by atoms with Crippen LogP contribution in [0.5, 0.6) is 0 Å². The van der Waals surface area contributed by atoms with Crippen molar-refractivity contribution in [2.24, 2.45) is 5.73 Å². The smallest absolute Gasteiger partial charge is 0.408 e. The molecule has 0 aliphatic carbocycles. The summed E-state index contributed by atoms with van der Waals surface area (Å²) in [4.78, 5) is 54.8. The highest BCUT2D eigenvalue weighted by molar-refractivity contribution is 6.34. The predicted molar refractivity (Wildman–Crippen MR) is 176 cm³/mol. The number of nitrogens with zero attached hydrogens (tertiary/aromatic N) is 1. The minimum Gasteiger partial charge on any atom is -0.444 e. The van der Waals surface area contributed by atoms with E-state index < -0.39 is 47.9 Å². The summed E-state index contributed by atoms with van der Waals surface area (Å²) in [6.45, 7) is 13.1. The van der Waals surface area contributed by atoms with Crippen LogP contribution in [0, 0.1) is 6.92 Å². The number of primary amides is 1. The molecule has 0 radical (unpaired) electrons. The zero-order valence-electron chi connectivity index (χ0n) is 26.6. The molecule has 0 aliphatic heterocycles. The lowest BCUT2D eigenvalue weighted by molar-refractivity contribution is -0.142. The zero-order valence-corrected chi connectivity index (χ0v) is 27.3. The highest BCUT2D eigenvalue weighted by Gasteiger charge is 2.37. The number of amides is 4. The van der Waals surface area contributed by atoms with E-state index in [0.717, 1.165) is 43.2 Å². The minimum absolute atomic E-state index is 0.189. The molecule has 0 spiro atoms. The number of unbranched alkanes of at least 4 members (excludes halogenated alkanes) is 5. The maximum Gasteiger partial charge on any atom is 0.408 e. The summed E-state index contributed by atoms with van der Waals surface area (Å²) in [5.41, 5.74) is 7.12. The molecular weight excluding hydrogens is 580 g/mol. The molecule has 0 heterocycles. The van der Waals surface area contributed by atoms with Crippen LogP contribution in [0.4, 0.5) is 10.5 Å². The number of anilines is 1. The van der Waals surface area contributed by atoms with Crippen LogP contribution in [0.2, 0.25) is 5.02 Å². The van der Waals surface area contributed by atoms with Gasteiger partial charge >= 0.3 is 6.09 Å². The predicted octanol–water partition coefficient (Wildman–Crippen LogP) is 6.93. The normalized spacial score (nSPS) is 12.5. The van der Waals surface area contributed by atoms with Crippen molar-refractivity contribution in [2.45, 2.75) is 97.2 Å². The van der Waals surface area contributed by atoms with Crippen LogP contribution in [-0.2, 0) is 19.1 Å². The summed E-state index contributed by atoms with van der Waals surface area (Å²) in [6.07, 6.45) is 5.96. The molecule has 0 bridgehead atoms. The second-order valence-corrected chi connectivity index (χ2v) is 12.3. The van der Waals surface area contributed by atoms with Gasteiger partial charge < -0.3 is 26.0 Å². The first-order valence-electron chi connectivity index (χ1n) is 15.1. The summed E-state index contributed by atoms with van der Waals surface area (Å²) in [5, 5.41) is 5.79. The maximum absolute atomic E-state index is 14.3. The van der Waals surface area contributed by atoms with E-state index in [9.17, 15) is 19.2 Å². The quantitative estimate of drug-likeness (QED) is 0.174. The molecule has 44 heavy (non-hydrogen) atoms. The number of para-hydroxylation sites is 1. The van der Waals surface area contributed by atoms with Crippen molar-refractivity contribution in [3.8, 4) is 0 Å². The van der Waals surface area contributed by atoms with Crippen LogP contribution >= 0.6 is 11.6 Å². The second-order valence-electron chi connectivity index (χ2n) is 11.9. The number of nitrogens with one attached hydrogen (secondary N) is 2. The minimum atomic E-state index is -1.36. The van der Waals surface area contributed by atoms with Gasteiger partial charge in [-0.2, -0.15) is 0 Å². The van der Waals surface area contributed by atoms with Gasteiger partial charge in [0.05, 0.1) is 17.1 Å². The van der Waals surface area contributed by atoms with Crippen LogP contribution < -0.4 is 16.4 Å². The lowest BCUT2D eigenvalue weighted by Crippen LogP contribution is -2.53. The monoisotopic (exact) mass is 626 g/mol. The third-order valence-electron chi connectivity index (χ3n) is 6.92. The third kappa shape index (κ3) is 11.7. The SMILES string of the molecule is C=Cc1cccc(C(C(=O)Nc2c(C)cccc2Cl)N(CCCCCCCC)C(=O)C(CC(N)=O)NC(=O)OC(C)(C)C)c1. The Labute approximate surface area is 266 Å². The van der Waals surface area contributed by atoms with Gasteiger partial charge in [-0.05, 0) is 62.9 Å². The summed E-state index contributed by atoms with van der Waals surface area (Å²) in [6, 6.07) is 9.93. The Kier molecular flexibility index (Phi) is 14.4. The molecule has 0 saturated heterocycles. The van der Waals surface area contributed by atoms with Gasteiger partial charge in [-0.15, -0.1) is 0 Å². The molecule has 2 aromatic carbocycles. The summed E-state index contributed by atoms with van der Waals surface area (Å²) in [7, 11) is 0. The molecule has 0 aliphatic rings. The molecule has 0 saturated carbocycles. The van der Waals surface area contributed by atoms with Gasteiger partial charge in [0.2, 0.25) is 11.8 Å². The van der Waals surface area contributed by atoms with Gasteiger partial charge in [-0.25, -0.2) is 4.79 Å². The van der Waals surface area contributed by atoms with Gasteiger partial charge in [0, 0.05) is 6.54 Å².